The van der Waals surface area contributed by atoms with E-state index in [0.717, 1.165) is 5.56 Å². The molecule has 2 rings (SSSR count). The Balaban J connectivity index is 1.82. The molecule has 0 atom stereocenters. The number of amides is 1. The van der Waals surface area contributed by atoms with Crippen LogP contribution in [0.3, 0.4) is 0 Å². The Bertz CT molecular complexity index is 549. The number of carbonyl (C=O) groups is 1. The molecule has 20 heavy (non-hydrogen) atoms. The lowest BCUT2D eigenvalue weighted by Crippen LogP contribution is -2.23. The molecule has 0 aliphatic carbocycles. The maximum Gasteiger partial charge on any atom is 0.220 e. The summed E-state index contributed by atoms with van der Waals surface area (Å²) >= 11 is 6.00. The minimum absolute atomic E-state index is 0.117. The quantitative estimate of drug-likeness (QED) is 0.893. The molecule has 2 aromatic carbocycles. The molecule has 2 aromatic rings. The minimum Gasteiger partial charge on any atom is -0.352 e. The summed E-state index contributed by atoms with van der Waals surface area (Å²) in [6, 6.07) is 13.8. The number of halogens is 2. The van der Waals surface area contributed by atoms with E-state index in [1.807, 2.05) is 18.2 Å². The molecule has 4 heteroatoms. The molecule has 0 aliphatic rings. The van der Waals surface area contributed by atoms with E-state index in [1.165, 1.54) is 6.07 Å². The van der Waals surface area contributed by atoms with Crippen LogP contribution in [-0.2, 0) is 17.8 Å². The van der Waals surface area contributed by atoms with Crippen molar-refractivity contribution in [3.63, 3.8) is 0 Å². The van der Waals surface area contributed by atoms with Gasteiger partial charge in [0.05, 0.1) is 0 Å². The van der Waals surface area contributed by atoms with Gasteiger partial charge in [0.25, 0.3) is 0 Å². The van der Waals surface area contributed by atoms with E-state index >= 15 is 0 Å². The number of benzene rings is 2. The molecule has 2 nitrogen and oxygen atoms in total. The second-order valence-electron chi connectivity index (χ2n) is 4.46. The Morgan fingerprint density at radius 1 is 1.05 bits per heavy atom. The lowest BCUT2D eigenvalue weighted by molar-refractivity contribution is -0.121. The molecule has 0 bridgehead atoms. The summed E-state index contributed by atoms with van der Waals surface area (Å²) in [5, 5.41) is 3.41. The second-order valence-corrected chi connectivity index (χ2v) is 4.87. The fourth-order valence-electron chi connectivity index (χ4n) is 1.87. The van der Waals surface area contributed by atoms with Crippen molar-refractivity contribution in [2.45, 2.75) is 19.4 Å². The molecule has 0 fully saturated rings. The number of nitrogens with one attached hydrogen (secondary N) is 1. The summed E-state index contributed by atoms with van der Waals surface area (Å²) < 4.78 is 13.4. The SMILES string of the molecule is O=C(CCc1ccccc1F)NCc1ccccc1Cl. The average molecular weight is 292 g/mol. The largest absolute Gasteiger partial charge is 0.352 e. The van der Waals surface area contributed by atoms with E-state index in [2.05, 4.69) is 5.32 Å². The summed E-state index contributed by atoms with van der Waals surface area (Å²) in [6.07, 6.45) is 0.645. The van der Waals surface area contributed by atoms with Gasteiger partial charge in [-0.2, -0.15) is 0 Å². The van der Waals surface area contributed by atoms with Gasteiger partial charge in [0, 0.05) is 18.0 Å². The molecule has 0 aliphatic heterocycles. The number of aryl methyl sites for hydroxylation is 1. The Labute approximate surface area is 122 Å². The van der Waals surface area contributed by atoms with Crippen molar-refractivity contribution in [1.29, 1.82) is 0 Å². The number of rotatable bonds is 5. The van der Waals surface area contributed by atoms with E-state index in [-0.39, 0.29) is 18.1 Å². The monoisotopic (exact) mass is 291 g/mol. The second kappa shape index (κ2) is 7.06. The minimum atomic E-state index is -0.272. The molecular weight excluding hydrogens is 277 g/mol. The molecule has 0 aromatic heterocycles. The van der Waals surface area contributed by atoms with Crippen molar-refractivity contribution in [3.8, 4) is 0 Å². The fraction of sp³-hybridized carbons (Fsp3) is 0.188. The maximum absolute atomic E-state index is 13.4. The zero-order valence-corrected chi connectivity index (χ0v) is 11.7. The van der Waals surface area contributed by atoms with Crippen LogP contribution in [0.2, 0.25) is 5.02 Å². The molecule has 0 saturated heterocycles. The first-order chi connectivity index (χ1) is 9.66. The Hall–Kier alpha value is -1.87. The molecule has 1 N–H and O–H groups in total. The summed E-state index contributed by atoms with van der Waals surface area (Å²) in [4.78, 5) is 11.7. The number of hydrogen-bond donors (Lipinski definition) is 1. The van der Waals surface area contributed by atoms with Crippen LogP contribution in [0.5, 0.6) is 0 Å². The van der Waals surface area contributed by atoms with Crippen molar-refractivity contribution in [3.05, 3.63) is 70.5 Å². The molecule has 1 amide bonds. The summed E-state index contributed by atoms with van der Waals surface area (Å²) in [6.45, 7) is 0.385. The highest BCUT2D eigenvalue weighted by Crippen LogP contribution is 2.14. The van der Waals surface area contributed by atoms with E-state index in [9.17, 15) is 9.18 Å². The van der Waals surface area contributed by atoms with Crippen LogP contribution >= 0.6 is 11.6 Å². The van der Waals surface area contributed by atoms with Crippen molar-refractivity contribution >= 4 is 17.5 Å². The molecule has 0 spiro atoms. The third kappa shape index (κ3) is 4.07. The molecule has 0 unspecified atom stereocenters. The maximum atomic E-state index is 13.4. The third-order valence-corrected chi connectivity index (χ3v) is 3.38. The van der Waals surface area contributed by atoms with Gasteiger partial charge >= 0.3 is 0 Å². The molecule has 0 heterocycles. The predicted molar refractivity (Wildman–Crippen MR) is 78.0 cm³/mol. The fourth-order valence-corrected chi connectivity index (χ4v) is 2.08. The predicted octanol–water partition coefficient (Wildman–Crippen LogP) is 3.73. The van der Waals surface area contributed by atoms with Gasteiger partial charge in [-0.25, -0.2) is 4.39 Å². The zero-order valence-electron chi connectivity index (χ0n) is 10.9. The van der Waals surface area contributed by atoms with Gasteiger partial charge in [-0.05, 0) is 29.7 Å². The topological polar surface area (TPSA) is 29.1 Å². The molecule has 0 saturated carbocycles. The van der Waals surface area contributed by atoms with Crippen LogP contribution in [0, 0.1) is 5.82 Å². The van der Waals surface area contributed by atoms with E-state index in [0.29, 0.717) is 23.6 Å². The van der Waals surface area contributed by atoms with Crippen molar-refractivity contribution in [2.24, 2.45) is 0 Å². The van der Waals surface area contributed by atoms with E-state index in [4.69, 9.17) is 11.6 Å². The van der Waals surface area contributed by atoms with Gasteiger partial charge in [0.1, 0.15) is 5.82 Å². The van der Waals surface area contributed by atoms with Crippen LogP contribution in [0.4, 0.5) is 4.39 Å². The van der Waals surface area contributed by atoms with Gasteiger partial charge in [-0.1, -0.05) is 48.0 Å². The standard InChI is InChI=1S/C16H15ClFNO/c17-14-7-3-1-6-13(14)11-19-16(20)10-9-12-5-2-4-8-15(12)18/h1-8H,9-11H2,(H,19,20). The Morgan fingerprint density at radius 3 is 2.40 bits per heavy atom. The van der Waals surface area contributed by atoms with Crippen LogP contribution in [0.25, 0.3) is 0 Å². The van der Waals surface area contributed by atoms with Crippen LogP contribution in [0.1, 0.15) is 17.5 Å². The smallest absolute Gasteiger partial charge is 0.220 e. The zero-order chi connectivity index (χ0) is 14.4. The normalized spacial score (nSPS) is 10.3. The molecule has 0 radical (unpaired) electrons. The number of hydrogen-bond acceptors (Lipinski definition) is 1. The highest BCUT2D eigenvalue weighted by atomic mass is 35.5. The highest BCUT2D eigenvalue weighted by molar-refractivity contribution is 6.31. The Morgan fingerprint density at radius 2 is 1.70 bits per heavy atom. The first-order valence-corrected chi connectivity index (χ1v) is 6.78. The lowest BCUT2D eigenvalue weighted by atomic mass is 10.1. The van der Waals surface area contributed by atoms with Gasteiger partial charge in [0.15, 0.2) is 0 Å². The van der Waals surface area contributed by atoms with Crippen LogP contribution in [0.15, 0.2) is 48.5 Å². The van der Waals surface area contributed by atoms with Gasteiger partial charge in [0.2, 0.25) is 5.91 Å². The summed E-state index contributed by atoms with van der Waals surface area (Å²) in [5.41, 5.74) is 1.42. The van der Waals surface area contributed by atoms with Gasteiger partial charge in [-0.15, -0.1) is 0 Å². The van der Waals surface area contributed by atoms with Crippen LogP contribution < -0.4 is 5.32 Å². The van der Waals surface area contributed by atoms with Crippen molar-refractivity contribution < 1.29 is 9.18 Å². The third-order valence-electron chi connectivity index (χ3n) is 3.01. The van der Waals surface area contributed by atoms with Crippen molar-refractivity contribution in [2.75, 3.05) is 0 Å². The average Bonchev–Trinajstić information content (AvgIpc) is 2.45. The summed E-state index contributed by atoms with van der Waals surface area (Å²) in [7, 11) is 0. The molecule has 104 valence electrons. The van der Waals surface area contributed by atoms with Crippen LogP contribution in [-0.4, -0.2) is 5.91 Å². The van der Waals surface area contributed by atoms with Gasteiger partial charge < -0.3 is 5.32 Å². The highest BCUT2D eigenvalue weighted by Gasteiger charge is 2.06. The van der Waals surface area contributed by atoms with Gasteiger partial charge in [-0.3, -0.25) is 4.79 Å². The summed E-state index contributed by atoms with van der Waals surface area (Å²) in [5.74, 6) is -0.389. The van der Waals surface area contributed by atoms with E-state index < -0.39 is 0 Å². The lowest BCUT2D eigenvalue weighted by Gasteiger charge is -2.07. The number of carbonyl (C=O) groups excluding carboxylic acids is 1. The van der Waals surface area contributed by atoms with E-state index in [1.54, 1.807) is 24.3 Å². The first-order valence-electron chi connectivity index (χ1n) is 6.40. The first kappa shape index (κ1) is 14.5. The Kier molecular flexibility index (Phi) is 5.13. The molecular formula is C16H15ClFNO. The van der Waals surface area contributed by atoms with Crippen molar-refractivity contribution in [1.82, 2.24) is 5.32 Å².